The molecule has 0 unspecified atom stereocenters. The summed E-state index contributed by atoms with van der Waals surface area (Å²) < 4.78 is 30.7. The van der Waals surface area contributed by atoms with E-state index in [1.165, 1.54) is 12.1 Å². The zero-order valence-corrected chi connectivity index (χ0v) is 11.6. The number of nitrogens with one attached hydrogen (secondary N) is 1. The average Bonchev–Trinajstić information content (AvgIpc) is 2.40. The number of methoxy groups -OCH3 is 1. The summed E-state index contributed by atoms with van der Waals surface area (Å²) in [5, 5.41) is 3.26. The lowest BCUT2D eigenvalue weighted by atomic mass is 10.1. The van der Waals surface area contributed by atoms with Crippen molar-refractivity contribution >= 4 is 0 Å². The van der Waals surface area contributed by atoms with Crippen LogP contribution in [0, 0.1) is 11.6 Å². The van der Waals surface area contributed by atoms with E-state index in [4.69, 9.17) is 4.74 Å². The van der Waals surface area contributed by atoms with Crippen LogP contribution in [0.3, 0.4) is 0 Å². The smallest absolute Gasteiger partial charge is 0.159 e. The second kappa shape index (κ2) is 8.96. The molecule has 0 saturated heterocycles. The van der Waals surface area contributed by atoms with E-state index in [1.54, 1.807) is 13.2 Å². The van der Waals surface area contributed by atoms with Gasteiger partial charge in [-0.15, -0.1) is 0 Å². The fraction of sp³-hybridized carbons (Fsp3) is 0.571. The van der Waals surface area contributed by atoms with Crippen molar-refractivity contribution in [3.05, 3.63) is 35.4 Å². The summed E-state index contributed by atoms with van der Waals surface area (Å²) in [6.45, 7) is 4.16. The van der Waals surface area contributed by atoms with Gasteiger partial charge >= 0.3 is 0 Å². The number of ether oxygens (including phenoxy) is 1. The first kappa shape index (κ1) is 16.0. The van der Waals surface area contributed by atoms with Crippen LogP contribution >= 0.6 is 0 Å². The van der Waals surface area contributed by atoms with E-state index in [-0.39, 0.29) is 0 Å². The summed E-state index contributed by atoms with van der Waals surface area (Å²) in [6.07, 6.45) is 0.714. The van der Waals surface area contributed by atoms with Gasteiger partial charge < -0.3 is 15.0 Å². The molecule has 0 amide bonds. The first-order valence-corrected chi connectivity index (χ1v) is 6.45. The third kappa shape index (κ3) is 6.61. The molecule has 0 aliphatic carbocycles. The number of hydrogen-bond donors (Lipinski definition) is 1. The molecule has 0 aliphatic rings. The lowest BCUT2D eigenvalue weighted by Gasteiger charge is -2.16. The number of benzene rings is 1. The average molecular weight is 272 g/mol. The van der Waals surface area contributed by atoms with Crippen molar-refractivity contribution in [2.24, 2.45) is 0 Å². The molecule has 0 fully saturated rings. The highest BCUT2D eigenvalue weighted by atomic mass is 19.2. The zero-order chi connectivity index (χ0) is 14.1. The Labute approximate surface area is 113 Å². The molecule has 0 radical (unpaired) electrons. The Hall–Kier alpha value is -1.04. The van der Waals surface area contributed by atoms with Crippen LogP contribution in [0.2, 0.25) is 0 Å². The minimum absolute atomic E-state index is 0.707. The van der Waals surface area contributed by atoms with Crippen LogP contribution in [0.4, 0.5) is 8.78 Å². The molecule has 0 atom stereocenters. The maximum absolute atomic E-state index is 13.0. The first-order valence-electron chi connectivity index (χ1n) is 6.45. The molecule has 108 valence electrons. The monoisotopic (exact) mass is 272 g/mol. The fourth-order valence-corrected chi connectivity index (χ4v) is 1.70. The highest BCUT2D eigenvalue weighted by Gasteiger charge is 2.04. The van der Waals surface area contributed by atoms with Crippen molar-refractivity contribution in [2.45, 2.75) is 6.42 Å². The Morgan fingerprint density at radius 3 is 2.63 bits per heavy atom. The van der Waals surface area contributed by atoms with Crippen molar-refractivity contribution < 1.29 is 13.5 Å². The van der Waals surface area contributed by atoms with Gasteiger partial charge in [0.15, 0.2) is 11.6 Å². The highest BCUT2D eigenvalue weighted by Crippen LogP contribution is 2.09. The predicted octanol–water partition coefficient (Wildman–Crippen LogP) is 1.68. The Kier molecular flexibility index (Phi) is 7.55. The number of likely N-dealkylation sites (N-methyl/N-ethyl adjacent to an activating group) is 1. The standard InChI is InChI=1S/C14H22F2N2O/c1-18(9-6-17-7-10-19-2)8-5-12-3-4-13(15)14(16)11-12/h3-4,11,17H,5-10H2,1-2H3. The van der Waals surface area contributed by atoms with Crippen LogP contribution in [0.25, 0.3) is 0 Å². The second-order valence-electron chi connectivity index (χ2n) is 4.54. The zero-order valence-electron chi connectivity index (χ0n) is 11.6. The van der Waals surface area contributed by atoms with Crippen molar-refractivity contribution in [1.29, 1.82) is 0 Å². The molecule has 1 rings (SSSR count). The summed E-state index contributed by atoms with van der Waals surface area (Å²) >= 11 is 0. The number of nitrogens with zero attached hydrogens (tertiary/aromatic N) is 1. The van der Waals surface area contributed by atoms with Gasteiger partial charge in [-0.25, -0.2) is 8.78 Å². The van der Waals surface area contributed by atoms with Gasteiger partial charge in [-0.2, -0.15) is 0 Å². The van der Waals surface area contributed by atoms with Crippen molar-refractivity contribution in [1.82, 2.24) is 10.2 Å². The lowest BCUT2D eigenvalue weighted by molar-refractivity contribution is 0.198. The number of rotatable bonds is 9. The first-order chi connectivity index (χ1) is 9.13. The normalized spacial score (nSPS) is 11.2. The molecule has 5 heteroatoms. The van der Waals surface area contributed by atoms with Crippen molar-refractivity contribution in [2.75, 3.05) is 46.9 Å². The van der Waals surface area contributed by atoms with Crippen LogP contribution in [-0.2, 0) is 11.2 Å². The summed E-state index contributed by atoms with van der Waals surface area (Å²) in [5.74, 6) is -1.57. The summed E-state index contributed by atoms with van der Waals surface area (Å²) in [5.41, 5.74) is 0.818. The molecule has 3 nitrogen and oxygen atoms in total. The minimum atomic E-state index is -0.792. The SMILES string of the molecule is COCCNCCN(C)CCc1ccc(F)c(F)c1. The van der Waals surface area contributed by atoms with Gasteiger partial charge in [0.25, 0.3) is 0 Å². The molecule has 1 aromatic rings. The van der Waals surface area contributed by atoms with Crippen molar-refractivity contribution in [3.8, 4) is 0 Å². The third-order valence-corrected chi connectivity index (χ3v) is 2.92. The quantitative estimate of drug-likeness (QED) is 0.692. The topological polar surface area (TPSA) is 24.5 Å². The van der Waals surface area contributed by atoms with E-state index < -0.39 is 11.6 Å². The van der Waals surface area contributed by atoms with E-state index >= 15 is 0 Å². The predicted molar refractivity (Wildman–Crippen MR) is 72.3 cm³/mol. The van der Waals surface area contributed by atoms with Gasteiger partial charge in [0.2, 0.25) is 0 Å². The molecular formula is C14H22F2N2O. The van der Waals surface area contributed by atoms with Gasteiger partial charge in [-0.1, -0.05) is 6.07 Å². The van der Waals surface area contributed by atoms with E-state index in [0.717, 1.165) is 31.7 Å². The Morgan fingerprint density at radius 1 is 1.16 bits per heavy atom. The molecule has 0 aromatic heterocycles. The lowest BCUT2D eigenvalue weighted by Crippen LogP contribution is -2.32. The van der Waals surface area contributed by atoms with Crippen LogP contribution in [0.1, 0.15) is 5.56 Å². The van der Waals surface area contributed by atoms with Gasteiger partial charge in [-0.3, -0.25) is 0 Å². The molecule has 0 saturated carbocycles. The third-order valence-electron chi connectivity index (χ3n) is 2.92. The van der Waals surface area contributed by atoms with E-state index in [2.05, 4.69) is 10.2 Å². The van der Waals surface area contributed by atoms with Crippen LogP contribution in [0.5, 0.6) is 0 Å². The molecule has 0 spiro atoms. The number of halogens is 2. The largest absolute Gasteiger partial charge is 0.383 e. The molecule has 0 heterocycles. The molecule has 0 aliphatic heterocycles. The molecule has 1 N–H and O–H groups in total. The maximum atomic E-state index is 13.0. The maximum Gasteiger partial charge on any atom is 0.159 e. The Morgan fingerprint density at radius 2 is 1.95 bits per heavy atom. The Balaban J connectivity index is 2.18. The van der Waals surface area contributed by atoms with Gasteiger partial charge in [0.1, 0.15) is 0 Å². The molecule has 1 aromatic carbocycles. The van der Waals surface area contributed by atoms with Crippen LogP contribution < -0.4 is 5.32 Å². The minimum Gasteiger partial charge on any atom is -0.383 e. The summed E-state index contributed by atoms with van der Waals surface area (Å²) in [4.78, 5) is 2.15. The van der Waals surface area contributed by atoms with Crippen LogP contribution in [-0.4, -0.2) is 51.8 Å². The summed E-state index contributed by atoms with van der Waals surface area (Å²) in [6, 6.07) is 4.07. The molecule has 19 heavy (non-hydrogen) atoms. The van der Waals surface area contributed by atoms with Gasteiger partial charge in [0, 0.05) is 33.3 Å². The van der Waals surface area contributed by atoms with Gasteiger partial charge in [-0.05, 0) is 31.2 Å². The van der Waals surface area contributed by atoms with Gasteiger partial charge in [0.05, 0.1) is 6.61 Å². The van der Waals surface area contributed by atoms with E-state index in [1.807, 2.05) is 7.05 Å². The van der Waals surface area contributed by atoms with E-state index in [0.29, 0.717) is 13.0 Å². The fourth-order valence-electron chi connectivity index (χ4n) is 1.70. The second-order valence-corrected chi connectivity index (χ2v) is 4.54. The van der Waals surface area contributed by atoms with Crippen molar-refractivity contribution in [3.63, 3.8) is 0 Å². The van der Waals surface area contributed by atoms with E-state index in [9.17, 15) is 8.78 Å². The van der Waals surface area contributed by atoms with Crippen LogP contribution in [0.15, 0.2) is 18.2 Å². The highest BCUT2D eigenvalue weighted by molar-refractivity contribution is 5.18. The molecule has 0 bridgehead atoms. The number of hydrogen-bond acceptors (Lipinski definition) is 3. The molecular weight excluding hydrogens is 250 g/mol. The Bertz CT molecular complexity index is 374. The summed E-state index contributed by atoms with van der Waals surface area (Å²) in [7, 11) is 3.69.